The number of amides is 1. The van der Waals surface area contributed by atoms with Crippen LogP contribution in [0.15, 0.2) is 54.6 Å². The number of nitrogens with one attached hydrogen (secondary N) is 1. The maximum Gasteiger partial charge on any atom is 0.252 e. The molecule has 0 aliphatic carbocycles. The van der Waals surface area contributed by atoms with E-state index >= 15 is 0 Å². The summed E-state index contributed by atoms with van der Waals surface area (Å²) >= 11 is 0. The second-order valence-electron chi connectivity index (χ2n) is 5.41. The minimum Gasteiger partial charge on any atom is -0.342 e. The zero-order valence-corrected chi connectivity index (χ0v) is 12.6. The van der Waals surface area contributed by atoms with Crippen LogP contribution < -0.4 is 11.1 Å². The van der Waals surface area contributed by atoms with Crippen LogP contribution in [0.2, 0.25) is 0 Å². The molecule has 0 saturated carbocycles. The highest BCUT2D eigenvalue weighted by Crippen LogP contribution is 2.20. The van der Waals surface area contributed by atoms with Crippen molar-refractivity contribution in [3.8, 4) is 0 Å². The van der Waals surface area contributed by atoms with E-state index in [4.69, 9.17) is 5.73 Å². The highest BCUT2D eigenvalue weighted by Gasteiger charge is 2.27. The van der Waals surface area contributed by atoms with Crippen LogP contribution in [0.25, 0.3) is 0 Å². The summed E-state index contributed by atoms with van der Waals surface area (Å²) in [5.74, 6) is -0.102. The number of benzene rings is 2. The molecule has 0 aliphatic heterocycles. The maximum atomic E-state index is 12.4. The molecule has 0 bridgehead atoms. The Hall–Kier alpha value is -2.13. The lowest BCUT2D eigenvalue weighted by Crippen LogP contribution is -2.48. The van der Waals surface area contributed by atoms with E-state index in [0.717, 1.165) is 12.0 Å². The van der Waals surface area contributed by atoms with E-state index in [1.165, 1.54) is 5.56 Å². The summed E-state index contributed by atoms with van der Waals surface area (Å²) in [6.45, 7) is 4.38. The first-order valence-electron chi connectivity index (χ1n) is 7.26. The molecule has 2 aromatic carbocycles. The quantitative estimate of drug-likeness (QED) is 0.886. The molecule has 0 aliphatic rings. The monoisotopic (exact) mass is 282 g/mol. The van der Waals surface area contributed by atoms with Crippen molar-refractivity contribution in [1.29, 1.82) is 0 Å². The van der Waals surface area contributed by atoms with Crippen LogP contribution in [0.4, 0.5) is 0 Å². The number of hydrogen-bond donors (Lipinski definition) is 2. The van der Waals surface area contributed by atoms with Gasteiger partial charge in [-0.25, -0.2) is 0 Å². The first kappa shape index (κ1) is 15.3. The van der Waals surface area contributed by atoms with E-state index < -0.39 is 5.54 Å². The van der Waals surface area contributed by atoms with Crippen molar-refractivity contribution in [1.82, 2.24) is 5.32 Å². The standard InChI is InChI=1S/C18H22N2O/c1-3-14-9-11-15(12-10-14)17(21)20-18(2,13-19)16-7-5-4-6-8-16/h4-12H,3,13,19H2,1-2H3,(H,20,21). The normalized spacial score (nSPS) is 13.5. The van der Waals surface area contributed by atoms with Crippen molar-refractivity contribution >= 4 is 5.91 Å². The minimum atomic E-state index is -0.568. The van der Waals surface area contributed by atoms with E-state index in [1.807, 2.05) is 61.5 Å². The molecule has 0 fully saturated rings. The summed E-state index contributed by atoms with van der Waals surface area (Å²) in [4.78, 5) is 12.4. The number of carbonyl (C=O) groups is 1. The molecule has 3 N–H and O–H groups in total. The fourth-order valence-corrected chi connectivity index (χ4v) is 2.26. The van der Waals surface area contributed by atoms with Gasteiger partial charge in [0, 0.05) is 12.1 Å². The fourth-order valence-electron chi connectivity index (χ4n) is 2.26. The maximum absolute atomic E-state index is 12.4. The van der Waals surface area contributed by atoms with Crippen LogP contribution >= 0.6 is 0 Å². The predicted octanol–water partition coefficient (Wildman–Crippen LogP) is 2.85. The minimum absolute atomic E-state index is 0.102. The van der Waals surface area contributed by atoms with Crippen molar-refractivity contribution in [3.63, 3.8) is 0 Å². The molecule has 21 heavy (non-hydrogen) atoms. The third-order valence-corrected chi connectivity index (χ3v) is 3.83. The second kappa shape index (κ2) is 6.55. The van der Waals surface area contributed by atoms with Crippen molar-refractivity contribution in [2.75, 3.05) is 6.54 Å². The van der Waals surface area contributed by atoms with Crippen LogP contribution in [0.3, 0.4) is 0 Å². The average Bonchev–Trinajstić information content (AvgIpc) is 2.55. The third kappa shape index (κ3) is 3.50. The SMILES string of the molecule is CCc1ccc(C(=O)NC(C)(CN)c2ccccc2)cc1. The molecule has 1 unspecified atom stereocenters. The van der Waals surface area contributed by atoms with E-state index in [1.54, 1.807) is 0 Å². The molecule has 0 spiro atoms. The molecule has 0 heterocycles. The van der Waals surface area contributed by atoms with E-state index in [2.05, 4.69) is 12.2 Å². The van der Waals surface area contributed by atoms with Crippen molar-refractivity contribution in [2.45, 2.75) is 25.8 Å². The summed E-state index contributed by atoms with van der Waals surface area (Å²) < 4.78 is 0. The van der Waals surface area contributed by atoms with Gasteiger partial charge in [0.05, 0.1) is 5.54 Å². The number of rotatable bonds is 5. The molecular formula is C18H22N2O. The Morgan fingerprint density at radius 3 is 2.24 bits per heavy atom. The molecule has 3 heteroatoms. The number of hydrogen-bond acceptors (Lipinski definition) is 2. The number of nitrogens with two attached hydrogens (primary N) is 1. The Morgan fingerprint density at radius 1 is 1.10 bits per heavy atom. The van der Waals surface area contributed by atoms with Gasteiger partial charge in [-0.15, -0.1) is 0 Å². The van der Waals surface area contributed by atoms with Gasteiger partial charge in [0.25, 0.3) is 5.91 Å². The summed E-state index contributed by atoms with van der Waals surface area (Å²) in [6, 6.07) is 17.5. The van der Waals surface area contributed by atoms with E-state index in [9.17, 15) is 4.79 Å². The molecule has 0 aromatic heterocycles. The summed E-state index contributed by atoms with van der Waals surface area (Å²) in [6.07, 6.45) is 0.965. The van der Waals surface area contributed by atoms with Crippen LogP contribution in [0, 0.1) is 0 Å². The molecular weight excluding hydrogens is 260 g/mol. The third-order valence-electron chi connectivity index (χ3n) is 3.83. The lowest BCUT2D eigenvalue weighted by molar-refractivity contribution is 0.0907. The molecule has 1 atom stereocenters. The lowest BCUT2D eigenvalue weighted by Gasteiger charge is -2.30. The summed E-state index contributed by atoms with van der Waals surface area (Å²) in [7, 11) is 0. The smallest absolute Gasteiger partial charge is 0.252 e. The Morgan fingerprint density at radius 2 is 1.71 bits per heavy atom. The van der Waals surface area contributed by atoms with Crippen LogP contribution in [0.5, 0.6) is 0 Å². The molecule has 0 saturated heterocycles. The van der Waals surface area contributed by atoms with Gasteiger partial charge in [-0.1, -0.05) is 49.4 Å². The highest BCUT2D eigenvalue weighted by molar-refractivity contribution is 5.94. The molecule has 110 valence electrons. The van der Waals surface area contributed by atoms with Gasteiger partial charge in [0.1, 0.15) is 0 Å². The topological polar surface area (TPSA) is 55.1 Å². The van der Waals surface area contributed by atoms with Gasteiger partial charge in [0.2, 0.25) is 0 Å². The Kier molecular flexibility index (Phi) is 4.76. The van der Waals surface area contributed by atoms with Gasteiger partial charge < -0.3 is 11.1 Å². The van der Waals surface area contributed by atoms with Crippen molar-refractivity contribution < 1.29 is 4.79 Å². The van der Waals surface area contributed by atoms with Crippen molar-refractivity contribution in [3.05, 3.63) is 71.3 Å². The first-order chi connectivity index (χ1) is 10.1. The largest absolute Gasteiger partial charge is 0.342 e. The van der Waals surface area contributed by atoms with Gasteiger partial charge in [-0.05, 0) is 36.6 Å². The summed E-state index contributed by atoms with van der Waals surface area (Å²) in [5.41, 5.74) is 8.21. The van der Waals surface area contributed by atoms with E-state index in [-0.39, 0.29) is 5.91 Å². The van der Waals surface area contributed by atoms with Gasteiger partial charge >= 0.3 is 0 Å². The Bertz CT molecular complexity index is 592. The van der Waals surface area contributed by atoms with Gasteiger partial charge in [0.15, 0.2) is 0 Å². The molecule has 2 aromatic rings. The zero-order valence-electron chi connectivity index (χ0n) is 12.6. The van der Waals surface area contributed by atoms with Crippen LogP contribution in [-0.4, -0.2) is 12.5 Å². The van der Waals surface area contributed by atoms with Crippen LogP contribution in [-0.2, 0) is 12.0 Å². The Labute approximate surface area is 126 Å². The van der Waals surface area contributed by atoms with Crippen molar-refractivity contribution in [2.24, 2.45) is 5.73 Å². The zero-order chi connectivity index (χ0) is 15.3. The van der Waals surface area contributed by atoms with Crippen LogP contribution in [0.1, 0.15) is 35.3 Å². The predicted molar refractivity (Wildman–Crippen MR) is 86.1 cm³/mol. The molecule has 0 radical (unpaired) electrons. The molecule has 3 nitrogen and oxygen atoms in total. The first-order valence-corrected chi connectivity index (χ1v) is 7.26. The highest BCUT2D eigenvalue weighted by atomic mass is 16.1. The van der Waals surface area contributed by atoms with Gasteiger partial charge in [-0.2, -0.15) is 0 Å². The Balaban J connectivity index is 2.19. The fraction of sp³-hybridized carbons (Fsp3) is 0.278. The molecule has 2 rings (SSSR count). The van der Waals surface area contributed by atoms with E-state index in [0.29, 0.717) is 12.1 Å². The number of carbonyl (C=O) groups excluding carboxylic acids is 1. The molecule has 1 amide bonds. The van der Waals surface area contributed by atoms with Gasteiger partial charge in [-0.3, -0.25) is 4.79 Å². The second-order valence-corrected chi connectivity index (χ2v) is 5.41. The lowest BCUT2D eigenvalue weighted by atomic mass is 9.91. The summed E-state index contributed by atoms with van der Waals surface area (Å²) in [5, 5.41) is 3.05. The average molecular weight is 282 g/mol. The number of aryl methyl sites for hydroxylation is 1.